The first-order valence-electron chi connectivity index (χ1n) is 7.28. The van der Waals surface area contributed by atoms with Crippen LogP contribution < -0.4 is 5.32 Å². The number of carbonyl (C=O) groups is 1. The molecule has 0 saturated carbocycles. The fourth-order valence-electron chi connectivity index (χ4n) is 2.62. The Labute approximate surface area is 133 Å². The molecule has 122 valence electrons. The standard InChI is InChI=1S/C14H17N5O3S/c20-14(15-9-11-10-16-18-17-11)13-7-4-8-19(13)23(21,22)12-5-2-1-3-6-12/h1-3,5-6,10,13H,4,7-9H2,(H,15,20)(H,16,17,18). The van der Waals surface area contributed by atoms with Gasteiger partial charge >= 0.3 is 0 Å². The van der Waals surface area contributed by atoms with Gasteiger partial charge in [-0.05, 0) is 25.0 Å². The topological polar surface area (TPSA) is 108 Å². The first kappa shape index (κ1) is 15.6. The van der Waals surface area contributed by atoms with E-state index < -0.39 is 16.1 Å². The molecule has 2 aromatic rings. The highest BCUT2D eigenvalue weighted by Crippen LogP contribution is 2.26. The van der Waals surface area contributed by atoms with Gasteiger partial charge in [-0.25, -0.2) is 8.42 Å². The van der Waals surface area contributed by atoms with E-state index in [0.717, 1.165) is 0 Å². The van der Waals surface area contributed by atoms with Crippen molar-refractivity contribution in [1.29, 1.82) is 0 Å². The number of rotatable bonds is 5. The van der Waals surface area contributed by atoms with Gasteiger partial charge in [0.15, 0.2) is 0 Å². The number of H-pyrrole nitrogens is 1. The molecule has 0 bridgehead atoms. The summed E-state index contributed by atoms with van der Waals surface area (Å²) in [6.45, 7) is 0.560. The minimum Gasteiger partial charge on any atom is -0.349 e. The van der Waals surface area contributed by atoms with E-state index in [1.54, 1.807) is 18.2 Å². The van der Waals surface area contributed by atoms with Gasteiger partial charge in [0.05, 0.1) is 17.6 Å². The van der Waals surface area contributed by atoms with E-state index in [4.69, 9.17) is 0 Å². The van der Waals surface area contributed by atoms with Crippen LogP contribution in [-0.2, 0) is 21.4 Å². The fourth-order valence-corrected chi connectivity index (χ4v) is 4.30. The molecule has 8 nitrogen and oxygen atoms in total. The van der Waals surface area contributed by atoms with Crippen molar-refractivity contribution < 1.29 is 13.2 Å². The van der Waals surface area contributed by atoms with Crippen molar-refractivity contribution in [1.82, 2.24) is 25.0 Å². The minimum atomic E-state index is -3.67. The lowest BCUT2D eigenvalue weighted by molar-refractivity contribution is -0.124. The molecule has 2 N–H and O–H groups in total. The Bertz CT molecular complexity index is 761. The number of aromatic amines is 1. The second-order valence-electron chi connectivity index (χ2n) is 5.27. The molecule has 9 heteroatoms. The van der Waals surface area contributed by atoms with Gasteiger partial charge < -0.3 is 5.32 Å². The van der Waals surface area contributed by atoms with Crippen LogP contribution in [0, 0.1) is 0 Å². The van der Waals surface area contributed by atoms with E-state index in [1.165, 1.54) is 22.6 Å². The summed E-state index contributed by atoms with van der Waals surface area (Å²) in [4.78, 5) is 12.6. The van der Waals surface area contributed by atoms with E-state index in [-0.39, 0.29) is 17.3 Å². The summed E-state index contributed by atoms with van der Waals surface area (Å²) in [5, 5.41) is 12.7. The van der Waals surface area contributed by atoms with E-state index in [0.29, 0.717) is 25.1 Å². The molecule has 1 aromatic heterocycles. The van der Waals surface area contributed by atoms with E-state index in [9.17, 15) is 13.2 Å². The van der Waals surface area contributed by atoms with Crippen LogP contribution in [-0.4, -0.2) is 46.6 Å². The number of benzene rings is 1. The average molecular weight is 335 g/mol. The van der Waals surface area contributed by atoms with Gasteiger partial charge in [-0.3, -0.25) is 4.79 Å². The van der Waals surface area contributed by atoms with Crippen molar-refractivity contribution >= 4 is 15.9 Å². The SMILES string of the molecule is O=C(NCc1cn[nH]n1)C1CCCN1S(=O)(=O)c1ccccc1. The van der Waals surface area contributed by atoms with Gasteiger partial charge in [0.25, 0.3) is 0 Å². The van der Waals surface area contributed by atoms with Crippen molar-refractivity contribution in [2.75, 3.05) is 6.54 Å². The molecule has 1 fully saturated rings. The molecule has 1 aliphatic rings. The summed E-state index contributed by atoms with van der Waals surface area (Å²) < 4.78 is 26.7. The first-order chi connectivity index (χ1) is 11.1. The zero-order valence-corrected chi connectivity index (χ0v) is 13.2. The van der Waals surface area contributed by atoms with Gasteiger partial charge in [0.1, 0.15) is 11.7 Å². The molecule has 0 spiro atoms. The molecule has 1 aromatic carbocycles. The van der Waals surface area contributed by atoms with Crippen molar-refractivity contribution in [3.8, 4) is 0 Å². The number of hydrogen-bond acceptors (Lipinski definition) is 5. The van der Waals surface area contributed by atoms with Gasteiger partial charge in [0.2, 0.25) is 15.9 Å². The van der Waals surface area contributed by atoms with Crippen LogP contribution >= 0.6 is 0 Å². The Kier molecular flexibility index (Phi) is 4.39. The minimum absolute atomic E-state index is 0.205. The summed E-state index contributed by atoms with van der Waals surface area (Å²) in [7, 11) is -3.67. The number of aromatic nitrogens is 3. The molecule has 1 atom stereocenters. The second kappa shape index (κ2) is 6.47. The number of nitrogens with one attached hydrogen (secondary N) is 2. The predicted octanol–water partition coefficient (Wildman–Crippen LogP) is 0.274. The Morgan fingerprint density at radius 2 is 2.13 bits per heavy atom. The summed E-state index contributed by atoms with van der Waals surface area (Å²) in [6, 6.07) is 7.49. The zero-order valence-electron chi connectivity index (χ0n) is 12.3. The number of hydrogen-bond donors (Lipinski definition) is 2. The molecule has 1 unspecified atom stereocenters. The van der Waals surface area contributed by atoms with Crippen LogP contribution in [0.2, 0.25) is 0 Å². The highest BCUT2D eigenvalue weighted by Gasteiger charge is 2.39. The lowest BCUT2D eigenvalue weighted by Gasteiger charge is -2.23. The summed E-state index contributed by atoms with van der Waals surface area (Å²) >= 11 is 0. The van der Waals surface area contributed by atoms with Crippen molar-refractivity contribution in [2.24, 2.45) is 0 Å². The van der Waals surface area contributed by atoms with Crippen LogP contribution in [0.3, 0.4) is 0 Å². The smallest absolute Gasteiger partial charge is 0.243 e. The van der Waals surface area contributed by atoms with Crippen LogP contribution in [0.25, 0.3) is 0 Å². The lowest BCUT2D eigenvalue weighted by atomic mass is 10.2. The maximum absolute atomic E-state index is 12.7. The molecule has 2 heterocycles. The predicted molar refractivity (Wildman–Crippen MR) is 81.6 cm³/mol. The lowest BCUT2D eigenvalue weighted by Crippen LogP contribution is -2.45. The second-order valence-corrected chi connectivity index (χ2v) is 7.16. The molecular weight excluding hydrogens is 318 g/mol. The maximum atomic E-state index is 12.7. The van der Waals surface area contributed by atoms with E-state index >= 15 is 0 Å². The van der Waals surface area contributed by atoms with Crippen LogP contribution in [0.15, 0.2) is 41.4 Å². The molecule has 1 amide bonds. The van der Waals surface area contributed by atoms with Crippen LogP contribution in [0.4, 0.5) is 0 Å². The number of nitrogens with zero attached hydrogens (tertiary/aromatic N) is 3. The maximum Gasteiger partial charge on any atom is 0.243 e. The van der Waals surface area contributed by atoms with Crippen LogP contribution in [0.5, 0.6) is 0 Å². The number of sulfonamides is 1. The Balaban J connectivity index is 1.73. The molecule has 23 heavy (non-hydrogen) atoms. The average Bonchev–Trinajstić information content (AvgIpc) is 3.25. The largest absolute Gasteiger partial charge is 0.349 e. The third kappa shape index (κ3) is 3.25. The third-order valence-corrected chi connectivity index (χ3v) is 5.69. The first-order valence-corrected chi connectivity index (χ1v) is 8.72. The van der Waals surface area contributed by atoms with Crippen LogP contribution in [0.1, 0.15) is 18.5 Å². The number of amides is 1. The number of carbonyl (C=O) groups excluding carboxylic acids is 1. The molecule has 1 saturated heterocycles. The normalized spacial score (nSPS) is 18.9. The summed E-state index contributed by atoms with van der Waals surface area (Å²) in [5.74, 6) is -0.315. The van der Waals surface area contributed by atoms with Gasteiger partial charge in [-0.15, -0.1) is 0 Å². The molecular formula is C14H17N5O3S. The highest BCUT2D eigenvalue weighted by atomic mass is 32.2. The van der Waals surface area contributed by atoms with E-state index in [2.05, 4.69) is 20.7 Å². The van der Waals surface area contributed by atoms with Gasteiger partial charge in [-0.2, -0.15) is 19.7 Å². The summed E-state index contributed by atoms with van der Waals surface area (Å²) in [5.41, 5.74) is 0.591. The van der Waals surface area contributed by atoms with Crippen molar-refractivity contribution in [2.45, 2.75) is 30.3 Å². The molecule has 1 aliphatic heterocycles. The van der Waals surface area contributed by atoms with E-state index in [1.807, 2.05) is 0 Å². The highest BCUT2D eigenvalue weighted by molar-refractivity contribution is 7.89. The van der Waals surface area contributed by atoms with Crippen molar-refractivity contribution in [3.63, 3.8) is 0 Å². The van der Waals surface area contributed by atoms with Gasteiger partial charge in [0, 0.05) is 6.54 Å². The monoisotopic (exact) mass is 335 g/mol. The zero-order chi connectivity index (χ0) is 16.3. The summed E-state index contributed by atoms with van der Waals surface area (Å²) in [6.07, 6.45) is 2.68. The Morgan fingerprint density at radius 3 is 2.83 bits per heavy atom. The molecule has 0 aliphatic carbocycles. The van der Waals surface area contributed by atoms with Crippen molar-refractivity contribution in [3.05, 3.63) is 42.2 Å². The van der Waals surface area contributed by atoms with Gasteiger partial charge in [-0.1, -0.05) is 18.2 Å². The quantitative estimate of drug-likeness (QED) is 0.815. The fraction of sp³-hybridized carbons (Fsp3) is 0.357. The Morgan fingerprint density at radius 1 is 1.35 bits per heavy atom. The molecule has 0 radical (unpaired) electrons. The molecule has 3 rings (SSSR count). The third-order valence-electron chi connectivity index (χ3n) is 3.76. The Hall–Kier alpha value is -2.26.